The molecule has 0 bridgehead atoms. The fraction of sp³-hybridized carbons (Fsp3) is 0.333. The maximum atomic E-state index is 13.0. The molecule has 1 unspecified atom stereocenters. The minimum absolute atomic E-state index is 0.0243. The topological polar surface area (TPSA) is 72.1 Å². The standard InChI is InChI=1S/C21H21ClN4O2/c1-13-5-3-8-18(23-13)20-24-19(25-28-20)16-10-9-14(2)26(12-16)21(27)15-6-4-7-17(22)11-15/h3-8,11,14,16H,9-10,12H2,1-2H3/t14-,16?/m1/s1. The highest BCUT2D eigenvalue weighted by Crippen LogP contribution is 2.31. The van der Waals surface area contributed by atoms with Gasteiger partial charge in [0.1, 0.15) is 5.69 Å². The molecule has 0 saturated carbocycles. The second kappa shape index (κ2) is 7.72. The maximum absolute atomic E-state index is 13.0. The molecular weight excluding hydrogens is 376 g/mol. The summed E-state index contributed by atoms with van der Waals surface area (Å²) in [7, 11) is 0. The number of hydrogen-bond acceptors (Lipinski definition) is 5. The van der Waals surface area contributed by atoms with Gasteiger partial charge in [-0.15, -0.1) is 0 Å². The Balaban J connectivity index is 1.54. The Labute approximate surface area is 168 Å². The number of piperidine rings is 1. The molecule has 0 radical (unpaired) electrons. The first-order valence-electron chi connectivity index (χ1n) is 9.35. The van der Waals surface area contributed by atoms with Crippen molar-refractivity contribution in [2.24, 2.45) is 0 Å². The van der Waals surface area contributed by atoms with Crippen molar-refractivity contribution in [3.8, 4) is 11.6 Å². The number of halogens is 1. The molecule has 0 aliphatic carbocycles. The monoisotopic (exact) mass is 396 g/mol. The number of amides is 1. The lowest BCUT2D eigenvalue weighted by Gasteiger charge is -2.37. The largest absolute Gasteiger partial charge is 0.335 e. The summed E-state index contributed by atoms with van der Waals surface area (Å²) in [6, 6.07) is 12.9. The number of rotatable bonds is 3. The van der Waals surface area contributed by atoms with Crippen LogP contribution in [-0.2, 0) is 0 Å². The SMILES string of the molecule is Cc1cccc(-c2nc(C3CC[C@@H](C)N(C(=O)c4cccc(Cl)c4)C3)no2)n1. The van der Waals surface area contributed by atoms with Crippen LogP contribution in [-0.4, -0.2) is 38.5 Å². The van der Waals surface area contributed by atoms with Crippen molar-refractivity contribution in [2.45, 2.75) is 38.6 Å². The third kappa shape index (κ3) is 3.78. The van der Waals surface area contributed by atoms with Crippen LogP contribution >= 0.6 is 11.6 Å². The van der Waals surface area contributed by atoms with Crippen molar-refractivity contribution in [3.63, 3.8) is 0 Å². The van der Waals surface area contributed by atoms with Crippen LogP contribution in [0.5, 0.6) is 0 Å². The zero-order valence-corrected chi connectivity index (χ0v) is 16.6. The molecule has 6 nitrogen and oxygen atoms in total. The van der Waals surface area contributed by atoms with E-state index in [4.69, 9.17) is 16.1 Å². The highest BCUT2D eigenvalue weighted by Gasteiger charge is 2.33. The minimum Gasteiger partial charge on any atom is -0.335 e. The normalized spacial score (nSPS) is 19.6. The number of likely N-dealkylation sites (tertiary alicyclic amines) is 1. The van der Waals surface area contributed by atoms with Crippen molar-refractivity contribution < 1.29 is 9.32 Å². The van der Waals surface area contributed by atoms with Gasteiger partial charge in [0.2, 0.25) is 0 Å². The van der Waals surface area contributed by atoms with Gasteiger partial charge in [0.05, 0.1) is 0 Å². The number of carbonyl (C=O) groups is 1. The van der Waals surface area contributed by atoms with E-state index in [0.29, 0.717) is 34.5 Å². The van der Waals surface area contributed by atoms with Gasteiger partial charge >= 0.3 is 0 Å². The van der Waals surface area contributed by atoms with E-state index in [9.17, 15) is 4.79 Å². The number of benzene rings is 1. The highest BCUT2D eigenvalue weighted by molar-refractivity contribution is 6.30. The molecule has 1 aliphatic heterocycles. The molecule has 1 aliphatic rings. The Hall–Kier alpha value is -2.73. The molecule has 7 heteroatoms. The molecule has 1 fully saturated rings. The second-order valence-corrected chi connectivity index (χ2v) is 7.65. The van der Waals surface area contributed by atoms with E-state index in [2.05, 4.69) is 22.0 Å². The molecule has 4 rings (SSSR count). The van der Waals surface area contributed by atoms with Crippen molar-refractivity contribution >= 4 is 17.5 Å². The molecule has 1 saturated heterocycles. The number of hydrogen-bond donors (Lipinski definition) is 0. The van der Waals surface area contributed by atoms with Gasteiger partial charge in [-0.1, -0.05) is 28.9 Å². The van der Waals surface area contributed by atoms with E-state index >= 15 is 0 Å². The van der Waals surface area contributed by atoms with Crippen LogP contribution < -0.4 is 0 Å². The van der Waals surface area contributed by atoms with E-state index in [1.165, 1.54) is 0 Å². The van der Waals surface area contributed by atoms with Crippen LogP contribution in [0.1, 0.15) is 47.6 Å². The summed E-state index contributed by atoms with van der Waals surface area (Å²) in [6.07, 6.45) is 1.78. The van der Waals surface area contributed by atoms with E-state index in [1.54, 1.807) is 24.3 Å². The molecule has 2 aromatic heterocycles. The van der Waals surface area contributed by atoms with Gasteiger partial charge in [-0.05, 0) is 57.0 Å². The molecule has 28 heavy (non-hydrogen) atoms. The Morgan fingerprint density at radius 2 is 2.00 bits per heavy atom. The van der Waals surface area contributed by atoms with Crippen LogP contribution in [0.3, 0.4) is 0 Å². The van der Waals surface area contributed by atoms with Crippen LogP contribution in [0.2, 0.25) is 5.02 Å². The lowest BCUT2D eigenvalue weighted by molar-refractivity contribution is 0.0605. The third-order valence-corrected chi connectivity index (χ3v) is 5.36. The van der Waals surface area contributed by atoms with E-state index in [-0.39, 0.29) is 17.9 Å². The van der Waals surface area contributed by atoms with E-state index in [0.717, 1.165) is 18.5 Å². The summed E-state index contributed by atoms with van der Waals surface area (Å²) >= 11 is 6.05. The van der Waals surface area contributed by atoms with Crippen molar-refractivity contribution in [2.75, 3.05) is 6.54 Å². The predicted octanol–water partition coefficient (Wildman–Crippen LogP) is 4.50. The van der Waals surface area contributed by atoms with Gasteiger partial charge in [0, 0.05) is 34.8 Å². The second-order valence-electron chi connectivity index (χ2n) is 7.21. The number of aryl methyl sites for hydroxylation is 1. The first-order valence-corrected chi connectivity index (χ1v) is 9.73. The highest BCUT2D eigenvalue weighted by atomic mass is 35.5. The molecule has 144 valence electrons. The van der Waals surface area contributed by atoms with Crippen LogP contribution in [0.25, 0.3) is 11.6 Å². The number of aromatic nitrogens is 3. The van der Waals surface area contributed by atoms with Gasteiger partial charge in [0.15, 0.2) is 5.82 Å². The summed E-state index contributed by atoms with van der Waals surface area (Å²) in [4.78, 5) is 23.9. The zero-order valence-electron chi connectivity index (χ0n) is 15.8. The lowest BCUT2D eigenvalue weighted by Crippen LogP contribution is -2.45. The van der Waals surface area contributed by atoms with Gasteiger partial charge in [0.25, 0.3) is 11.8 Å². The molecule has 3 aromatic rings. The third-order valence-electron chi connectivity index (χ3n) is 5.13. The number of carbonyl (C=O) groups excluding carboxylic acids is 1. The Bertz CT molecular complexity index is 1000. The summed E-state index contributed by atoms with van der Waals surface area (Å²) < 4.78 is 5.44. The summed E-state index contributed by atoms with van der Waals surface area (Å²) in [6.45, 7) is 4.53. The van der Waals surface area contributed by atoms with Crippen molar-refractivity contribution in [1.82, 2.24) is 20.0 Å². The van der Waals surface area contributed by atoms with Crippen LogP contribution in [0, 0.1) is 6.92 Å². The quantitative estimate of drug-likeness (QED) is 0.651. The van der Waals surface area contributed by atoms with Crippen LogP contribution in [0.4, 0.5) is 0 Å². The number of pyridine rings is 1. The summed E-state index contributed by atoms with van der Waals surface area (Å²) in [5, 5.41) is 4.72. The molecular formula is C21H21ClN4O2. The molecule has 1 aromatic carbocycles. The molecule has 0 spiro atoms. The van der Waals surface area contributed by atoms with Crippen molar-refractivity contribution in [1.29, 1.82) is 0 Å². The average Bonchev–Trinajstić information content (AvgIpc) is 3.18. The minimum atomic E-state index is -0.0243. The lowest BCUT2D eigenvalue weighted by atomic mass is 9.92. The predicted molar refractivity (Wildman–Crippen MR) is 106 cm³/mol. The van der Waals surface area contributed by atoms with Gasteiger partial charge in [-0.25, -0.2) is 4.98 Å². The Morgan fingerprint density at radius 1 is 1.18 bits per heavy atom. The van der Waals surface area contributed by atoms with E-state index in [1.807, 2.05) is 30.0 Å². The zero-order chi connectivity index (χ0) is 19.7. The molecule has 3 heterocycles. The Kier molecular flexibility index (Phi) is 5.13. The maximum Gasteiger partial charge on any atom is 0.276 e. The molecule has 1 amide bonds. The fourth-order valence-corrected chi connectivity index (χ4v) is 3.75. The molecule has 2 atom stereocenters. The first kappa shape index (κ1) is 18.6. The molecule has 0 N–H and O–H groups in total. The van der Waals surface area contributed by atoms with Gasteiger partial charge in [-0.2, -0.15) is 4.98 Å². The Morgan fingerprint density at radius 3 is 2.79 bits per heavy atom. The smallest absolute Gasteiger partial charge is 0.276 e. The summed E-state index contributed by atoms with van der Waals surface area (Å²) in [5.74, 6) is 1.03. The van der Waals surface area contributed by atoms with Gasteiger partial charge in [-0.3, -0.25) is 4.79 Å². The number of nitrogens with zero attached hydrogens (tertiary/aromatic N) is 4. The fourth-order valence-electron chi connectivity index (χ4n) is 3.55. The first-order chi connectivity index (χ1) is 13.5. The van der Waals surface area contributed by atoms with Crippen LogP contribution in [0.15, 0.2) is 47.0 Å². The van der Waals surface area contributed by atoms with E-state index < -0.39 is 0 Å². The average molecular weight is 397 g/mol. The van der Waals surface area contributed by atoms with Gasteiger partial charge < -0.3 is 9.42 Å². The summed E-state index contributed by atoms with van der Waals surface area (Å²) in [5.41, 5.74) is 2.15. The van der Waals surface area contributed by atoms with Crippen molar-refractivity contribution in [3.05, 3.63) is 64.6 Å².